The van der Waals surface area contributed by atoms with Crippen LogP contribution in [0.15, 0.2) is 18.2 Å². The van der Waals surface area contributed by atoms with Crippen LogP contribution in [0.4, 0.5) is 5.69 Å². The standard InChI is InChI=1S/C10H12N2O3/c1-12-5-8(13)6-3-2-4-7(9(6)11)10(14)15/h2-4,12H,5,11H2,1H3,(H,14,15). The molecule has 0 aromatic heterocycles. The number of benzene rings is 1. The average molecular weight is 208 g/mol. The summed E-state index contributed by atoms with van der Waals surface area (Å²) in [5.74, 6) is -1.36. The molecule has 0 unspecified atom stereocenters. The lowest BCUT2D eigenvalue weighted by atomic mass is 10.0. The lowest BCUT2D eigenvalue weighted by Crippen LogP contribution is -2.20. The molecule has 80 valence electrons. The summed E-state index contributed by atoms with van der Waals surface area (Å²) in [5, 5.41) is 11.5. The molecule has 4 N–H and O–H groups in total. The topological polar surface area (TPSA) is 92.4 Å². The number of aromatic carboxylic acids is 1. The van der Waals surface area contributed by atoms with Gasteiger partial charge in [-0.25, -0.2) is 4.79 Å². The Labute approximate surface area is 86.9 Å². The van der Waals surface area contributed by atoms with E-state index in [1.165, 1.54) is 18.2 Å². The monoisotopic (exact) mass is 208 g/mol. The van der Waals surface area contributed by atoms with E-state index in [9.17, 15) is 9.59 Å². The van der Waals surface area contributed by atoms with Crippen molar-refractivity contribution in [3.05, 3.63) is 29.3 Å². The van der Waals surface area contributed by atoms with Crippen LogP contribution in [0.5, 0.6) is 0 Å². The number of hydrogen-bond donors (Lipinski definition) is 3. The van der Waals surface area contributed by atoms with Crippen LogP contribution in [0.25, 0.3) is 0 Å². The Hall–Kier alpha value is -1.88. The minimum absolute atomic E-state index is 0.0188. The third-order valence-corrected chi connectivity index (χ3v) is 1.97. The number of Topliss-reactive ketones (excluding diaryl/α,β-unsaturated/α-hetero) is 1. The maximum Gasteiger partial charge on any atom is 0.337 e. The second kappa shape index (κ2) is 4.56. The van der Waals surface area contributed by atoms with E-state index in [0.717, 1.165) is 0 Å². The number of likely N-dealkylation sites (N-methyl/N-ethyl adjacent to an activating group) is 1. The van der Waals surface area contributed by atoms with Gasteiger partial charge in [-0.3, -0.25) is 4.79 Å². The summed E-state index contributed by atoms with van der Waals surface area (Å²) in [5.41, 5.74) is 5.80. The lowest BCUT2D eigenvalue weighted by molar-refractivity contribution is 0.0698. The first-order valence-electron chi connectivity index (χ1n) is 4.37. The fourth-order valence-corrected chi connectivity index (χ4v) is 1.25. The first kappa shape index (κ1) is 11.2. The molecule has 0 heterocycles. The summed E-state index contributed by atoms with van der Waals surface area (Å²) in [6.07, 6.45) is 0. The first-order valence-corrected chi connectivity index (χ1v) is 4.37. The Kier molecular flexibility index (Phi) is 3.41. The minimum Gasteiger partial charge on any atom is -0.478 e. The summed E-state index contributed by atoms with van der Waals surface area (Å²) in [7, 11) is 1.63. The summed E-state index contributed by atoms with van der Waals surface area (Å²) in [4.78, 5) is 22.3. The van der Waals surface area contributed by atoms with Crippen molar-refractivity contribution in [3.63, 3.8) is 0 Å². The molecule has 0 aliphatic carbocycles. The van der Waals surface area contributed by atoms with Gasteiger partial charge >= 0.3 is 5.97 Å². The van der Waals surface area contributed by atoms with Crippen LogP contribution in [0.1, 0.15) is 20.7 Å². The number of nitrogens with one attached hydrogen (secondary N) is 1. The van der Waals surface area contributed by atoms with Gasteiger partial charge < -0.3 is 16.2 Å². The number of carboxylic acids is 1. The summed E-state index contributed by atoms with van der Waals surface area (Å²) < 4.78 is 0. The molecule has 0 fully saturated rings. The van der Waals surface area contributed by atoms with Crippen molar-refractivity contribution in [1.29, 1.82) is 0 Å². The van der Waals surface area contributed by atoms with Crippen molar-refractivity contribution in [2.24, 2.45) is 0 Å². The van der Waals surface area contributed by atoms with Crippen LogP contribution < -0.4 is 11.1 Å². The zero-order chi connectivity index (χ0) is 11.4. The van der Waals surface area contributed by atoms with Crippen molar-refractivity contribution < 1.29 is 14.7 Å². The van der Waals surface area contributed by atoms with E-state index >= 15 is 0 Å². The van der Waals surface area contributed by atoms with Crippen LogP contribution in [0.3, 0.4) is 0 Å². The molecule has 0 amide bonds. The van der Waals surface area contributed by atoms with Crippen molar-refractivity contribution >= 4 is 17.4 Å². The fraction of sp³-hybridized carbons (Fsp3) is 0.200. The van der Waals surface area contributed by atoms with E-state index in [1.54, 1.807) is 7.05 Å². The van der Waals surface area contributed by atoms with E-state index in [1.807, 2.05) is 0 Å². The number of anilines is 1. The molecule has 0 saturated carbocycles. The number of nitrogen functional groups attached to an aromatic ring is 1. The Bertz CT molecular complexity index is 402. The molecule has 0 bridgehead atoms. The lowest BCUT2D eigenvalue weighted by Gasteiger charge is -2.06. The van der Waals surface area contributed by atoms with Crippen molar-refractivity contribution in [2.45, 2.75) is 0 Å². The van der Waals surface area contributed by atoms with Gasteiger partial charge in [-0.05, 0) is 19.2 Å². The zero-order valence-electron chi connectivity index (χ0n) is 8.28. The van der Waals surface area contributed by atoms with E-state index in [-0.39, 0.29) is 29.1 Å². The fourth-order valence-electron chi connectivity index (χ4n) is 1.25. The molecular formula is C10H12N2O3. The number of para-hydroxylation sites is 1. The van der Waals surface area contributed by atoms with Gasteiger partial charge in [0.25, 0.3) is 0 Å². The Morgan fingerprint density at radius 1 is 1.40 bits per heavy atom. The molecular weight excluding hydrogens is 196 g/mol. The van der Waals surface area contributed by atoms with E-state index < -0.39 is 5.97 Å². The third kappa shape index (κ3) is 2.32. The van der Waals surface area contributed by atoms with Crippen LogP contribution in [0, 0.1) is 0 Å². The van der Waals surface area contributed by atoms with Crippen LogP contribution >= 0.6 is 0 Å². The molecule has 5 nitrogen and oxygen atoms in total. The maximum atomic E-state index is 11.5. The van der Waals surface area contributed by atoms with Gasteiger partial charge in [-0.1, -0.05) is 6.07 Å². The van der Waals surface area contributed by atoms with E-state index in [0.29, 0.717) is 0 Å². The number of ketones is 1. The van der Waals surface area contributed by atoms with E-state index in [2.05, 4.69) is 5.32 Å². The van der Waals surface area contributed by atoms with Gasteiger partial charge in [-0.15, -0.1) is 0 Å². The highest BCUT2D eigenvalue weighted by Gasteiger charge is 2.15. The quantitative estimate of drug-likeness (QED) is 0.491. The molecule has 1 rings (SSSR count). The maximum absolute atomic E-state index is 11.5. The molecule has 1 aromatic rings. The van der Waals surface area contributed by atoms with Gasteiger partial charge in [-0.2, -0.15) is 0 Å². The van der Waals surface area contributed by atoms with Crippen LogP contribution in [-0.2, 0) is 0 Å². The second-order valence-corrected chi connectivity index (χ2v) is 3.03. The van der Waals surface area contributed by atoms with Crippen molar-refractivity contribution in [1.82, 2.24) is 5.32 Å². The highest BCUT2D eigenvalue weighted by atomic mass is 16.4. The Morgan fingerprint density at radius 3 is 2.53 bits per heavy atom. The number of nitrogens with two attached hydrogens (primary N) is 1. The predicted molar refractivity (Wildman–Crippen MR) is 56.1 cm³/mol. The number of carbonyl (C=O) groups excluding carboxylic acids is 1. The first-order chi connectivity index (χ1) is 7.07. The van der Waals surface area contributed by atoms with Crippen LogP contribution in [-0.4, -0.2) is 30.5 Å². The molecule has 0 aliphatic rings. The Morgan fingerprint density at radius 2 is 2.00 bits per heavy atom. The van der Waals surface area contributed by atoms with Gasteiger partial charge in [0.15, 0.2) is 5.78 Å². The van der Waals surface area contributed by atoms with Crippen molar-refractivity contribution in [3.8, 4) is 0 Å². The van der Waals surface area contributed by atoms with E-state index in [4.69, 9.17) is 10.8 Å². The third-order valence-electron chi connectivity index (χ3n) is 1.97. The zero-order valence-corrected chi connectivity index (χ0v) is 8.28. The average Bonchev–Trinajstić information content (AvgIpc) is 2.17. The molecule has 0 saturated heterocycles. The minimum atomic E-state index is -1.13. The molecule has 0 aliphatic heterocycles. The molecule has 15 heavy (non-hydrogen) atoms. The van der Waals surface area contributed by atoms with Gasteiger partial charge in [0.2, 0.25) is 0 Å². The normalized spacial score (nSPS) is 9.93. The number of rotatable bonds is 4. The smallest absolute Gasteiger partial charge is 0.337 e. The van der Waals surface area contributed by atoms with Gasteiger partial charge in [0.05, 0.1) is 17.8 Å². The van der Waals surface area contributed by atoms with Gasteiger partial charge in [0, 0.05) is 5.56 Å². The second-order valence-electron chi connectivity index (χ2n) is 3.03. The van der Waals surface area contributed by atoms with Crippen molar-refractivity contribution in [2.75, 3.05) is 19.3 Å². The summed E-state index contributed by atoms with van der Waals surface area (Å²) in [6, 6.07) is 4.39. The Balaban J connectivity index is 3.15. The molecule has 0 radical (unpaired) electrons. The molecule has 1 aromatic carbocycles. The highest BCUT2D eigenvalue weighted by molar-refractivity contribution is 6.06. The number of carbonyl (C=O) groups is 2. The SMILES string of the molecule is CNCC(=O)c1cccc(C(=O)O)c1N. The largest absolute Gasteiger partial charge is 0.478 e. The molecule has 5 heteroatoms. The van der Waals surface area contributed by atoms with Gasteiger partial charge in [0.1, 0.15) is 0 Å². The summed E-state index contributed by atoms with van der Waals surface area (Å²) >= 11 is 0. The molecule has 0 spiro atoms. The van der Waals surface area contributed by atoms with Crippen LogP contribution in [0.2, 0.25) is 0 Å². The summed E-state index contributed by atoms with van der Waals surface area (Å²) in [6.45, 7) is 0.132. The predicted octanol–water partition coefficient (Wildman–Crippen LogP) is 0.369. The molecule has 0 atom stereocenters. The number of hydrogen-bond acceptors (Lipinski definition) is 4. The number of carboxylic acid groups (broad SMARTS) is 1. The highest BCUT2D eigenvalue weighted by Crippen LogP contribution is 2.17.